The van der Waals surface area contributed by atoms with Crippen molar-refractivity contribution >= 4 is 34.9 Å². The van der Waals surface area contributed by atoms with E-state index in [0.717, 1.165) is 36.8 Å². The lowest BCUT2D eigenvalue weighted by atomic mass is 9.84. The molecule has 1 N–H and O–H groups in total. The molecule has 0 radical (unpaired) electrons. The molecule has 0 spiro atoms. The Kier molecular flexibility index (Phi) is 5.15. The minimum absolute atomic E-state index is 0.175. The number of benzene rings is 2. The molecule has 5 rings (SSSR count). The summed E-state index contributed by atoms with van der Waals surface area (Å²) in [5.74, 6) is 0.586. The summed E-state index contributed by atoms with van der Waals surface area (Å²) in [6, 6.07) is 11.6. The van der Waals surface area contributed by atoms with Crippen molar-refractivity contribution in [2.45, 2.75) is 37.4 Å². The summed E-state index contributed by atoms with van der Waals surface area (Å²) in [4.78, 5) is 38.1. The maximum atomic E-state index is 12.9. The van der Waals surface area contributed by atoms with E-state index in [1.165, 1.54) is 18.2 Å². The Morgan fingerprint density at radius 3 is 2.48 bits per heavy atom. The second-order valence-corrected chi connectivity index (χ2v) is 8.60. The predicted molar refractivity (Wildman–Crippen MR) is 117 cm³/mol. The van der Waals surface area contributed by atoms with Crippen LogP contribution in [0.3, 0.4) is 0 Å². The lowest BCUT2D eigenvalue weighted by Gasteiger charge is -2.18. The Bertz CT molecular complexity index is 1220. The monoisotopic (exact) mass is 432 g/mol. The van der Waals surface area contributed by atoms with Crippen molar-refractivity contribution in [3.8, 4) is 0 Å². The average molecular weight is 433 g/mol. The molecule has 0 bridgehead atoms. The van der Waals surface area contributed by atoms with Gasteiger partial charge in [0.1, 0.15) is 5.82 Å². The fourth-order valence-electron chi connectivity index (χ4n) is 4.07. The van der Waals surface area contributed by atoms with Crippen LogP contribution in [0.4, 0.5) is 5.69 Å². The number of rotatable bonds is 4. The number of carbonyl (C=O) groups excluding carboxylic acids is 3. The fourth-order valence-corrected chi connectivity index (χ4v) is 4.85. The zero-order chi connectivity index (χ0) is 21.4. The van der Waals surface area contributed by atoms with Gasteiger partial charge in [0.05, 0.1) is 5.75 Å². The van der Waals surface area contributed by atoms with Crippen LogP contribution in [0.1, 0.15) is 56.9 Å². The van der Waals surface area contributed by atoms with Crippen molar-refractivity contribution in [1.82, 2.24) is 14.8 Å². The zero-order valence-corrected chi connectivity index (χ0v) is 17.6. The Labute approximate surface area is 183 Å². The third-order valence-corrected chi connectivity index (χ3v) is 6.58. The topological polar surface area (TPSA) is 93.9 Å². The van der Waals surface area contributed by atoms with Crippen LogP contribution < -0.4 is 5.32 Å². The summed E-state index contributed by atoms with van der Waals surface area (Å²) in [7, 11) is 0. The van der Waals surface area contributed by atoms with Crippen molar-refractivity contribution in [3.05, 3.63) is 70.5 Å². The highest BCUT2D eigenvalue weighted by molar-refractivity contribution is 7.99. The molecular formula is C23H20N4O3S. The first-order valence-corrected chi connectivity index (χ1v) is 11.3. The maximum absolute atomic E-state index is 12.9. The van der Waals surface area contributed by atoms with Crippen molar-refractivity contribution in [3.63, 3.8) is 0 Å². The Morgan fingerprint density at radius 2 is 1.68 bits per heavy atom. The van der Waals surface area contributed by atoms with Gasteiger partial charge in [0.15, 0.2) is 16.7 Å². The summed E-state index contributed by atoms with van der Waals surface area (Å²) in [5, 5.41) is 12.1. The van der Waals surface area contributed by atoms with Crippen LogP contribution in [-0.2, 0) is 17.8 Å². The first-order chi connectivity index (χ1) is 15.1. The van der Waals surface area contributed by atoms with E-state index in [1.54, 1.807) is 42.5 Å². The lowest BCUT2D eigenvalue weighted by Crippen LogP contribution is -2.21. The number of thioether (sulfide) groups is 1. The van der Waals surface area contributed by atoms with Gasteiger partial charge in [-0.25, -0.2) is 0 Å². The minimum atomic E-state index is -0.207. The molecule has 1 aliphatic heterocycles. The highest BCUT2D eigenvalue weighted by Crippen LogP contribution is 2.29. The molecule has 2 aromatic carbocycles. The third kappa shape index (κ3) is 3.67. The van der Waals surface area contributed by atoms with Crippen molar-refractivity contribution in [2.24, 2.45) is 0 Å². The molecule has 2 aliphatic rings. The van der Waals surface area contributed by atoms with Crippen LogP contribution in [0, 0.1) is 0 Å². The molecule has 0 unspecified atom stereocenters. The van der Waals surface area contributed by atoms with E-state index in [9.17, 15) is 14.4 Å². The quantitative estimate of drug-likeness (QED) is 0.496. The van der Waals surface area contributed by atoms with Crippen LogP contribution in [0.2, 0.25) is 0 Å². The number of aryl methyl sites for hydroxylation is 1. The molecule has 1 amide bonds. The van der Waals surface area contributed by atoms with Crippen LogP contribution in [0.15, 0.2) is 47.6 Å². The van der Waals surface area contributed by atoms with Crippen molar-refractivity contribution in [2.75, 3.05) is 11.1 Å². The van der Waals surface area contributed by atoms with E-state index >= 15 is 0 Å². The minimum Gasteiger partial charge on any atom is -0.325 e. The van der Waals surface area contributed by atoms with Gasteiger partial charge < -0.3 is 9.88 Å². The maximum Gasteiger partial charge on any atom is 0.234 e. The van der Waals surface area contributed by atoms with Gasteiger partial charge in [-0.2, -0.15) is 0 Å². The van der Waals surface area contributed by atoms with Gasteiger partial charge >= 0.3 is 0 Å². The van der Waals surface area contributed by atoms with Crippen LogP contribution in [0.5, 0.6) is 0 Å². The second kappa shape index (κ2) is 8.11. The molecule has 156 valence electrons. The molecule has 0 atom stereocenters. The molecule has 0 saturated carbocycles. The van der Waals surface area contributed by atoms with E-state index in [2.05, 4.69) is 20.1 Å². The number of nitrogens with one attached hydrogen (secondary N) is 1. The van der Waals surface area contributed by atoms with Gasteiger partial charge in [0.25, 0.3) is 0 Å². The molecule has 0 fully saturated rings. The highest BCUT2D eigenvalue weighted by Gasteiger charge is 2.29. The number of hydrogen-bond donors (Lipinski definition) is 1. The second-order valence-electron chi connectivity index (χ2n) is 7.66. The number of nitrogens with zero attached hydrogens (tertiary/aromatic N) is 3. The highest BCUT2D eigenvalue weighted by atomic mass is 32.2. The standard InChI is InChI=1S/C23H20N4O3S/c28-20(13-31-23-26-25-19-8-2-1-5-11-27(19)23)24-14-9-10-17-18(12-14)22(30)16-7-4-3-6-15(16)21(17)29/h3-4,6-7,9-10,12H,1-2,5,8,11,13H2,(H,24,28). The number of hydrogen-bond acceptors (Lipinski definition) is 6. The van der Waals surface area contributed by atoms with E-state index in [4.69, 9.17) is 0 Å². The van der Waals surface area contributed by atoms with Crippen LogP contribution >= 0.6 is 11.8 Å². The van der Waals surface area contributed by atoms with E-state index in [-0.39, 0.29) is 23.2 Å². The summed E-state index contributed by atoms with van der Waals surface area (Å²) < 4.78 is 2.10. The number of amides is 1. The largest absolute Gasteiger partial charge is 0.325 e. The van der Waals surface area contributed by atoms with Crippen molar-refractivity contribution in [1.29, 1.82) is 0 Å². The molecule has 7 nitrogen and oxygen atoms in total. The van der Waals surface area contributed by atoms with E-state index < -0.39 is 0 Å². The zero-order valence-electron chi connectivity index (χ0n) is 16.8. The Morgan fingerprint density at radius 1 is 0.935 bits per heavy atom. The molecule has 8 heteroatoms. The average Bonchev–Trinajstić information content (AvgIpc) is 3.02. The van der Waals surface area contributed by atoms with Crippen LogP contribution in [0.25, 0.3) is 0 Å². The number of ketones is 2. The first kappa shape index (κ1) is 19.7. The number of aromatic nitrogens is 3. The molecule has 31 heavy (non-hydrogen) atoms. The van der Waals surface area contributed by atoms with E-state index in [0.29, 0.717) is 27.9 Å². The van der Waals surface area contributed by atoms with Gasteiger partial charge in [0, 0.05) is 40.9 Å². The molecule has 1 aliphatic carbocycles. The van der Waals surface area contributed by atoms with Crippen LogP contribution in [-0.4, -0.2) is 38.0 Å². The molecule has 2 heterocycles. The smallest absolute Gasteiger partial charge is 0.234 e. The molecule has 1 aromatic heterocycles. The predicted octanol–water partition coefficient (Wildman–Crippen LogP) is 3.51. The molecule has 0 saturated heterocycles. The summed E-state index contributed by atoms with van der Waals surface area (Å²) in [5.41, 5.74) is 1.98. The van der Waals surface area contributed by atoms with Gasteiger partial charge in [0.2, 0.25) is 5.91 Å². The summed E-state index contributed by atoms with van der Waals surface area (Å²) in [6.45, 7) is 0.884. The van der Waals surface area contributed by atoms with E-state index in [1.807, 2.05) is 0 Å². The van der Waals surface area contributed by atoms with Gasteiger partial charge in [-0.1, -0.05) is 42.4 Å². The van der Waals surface area contributed by atoms with Gasteiger partial charge in [-0.05, 0) is 31.0 Å². The number of anilines is 1. The summed E-state index contributed by atoms with van der Waals surface area (Å²) >= 11 is 1.36. The number of carbonyl (C=O) groups is 3. The lowest BCUT2D eigenvalue weighted by molar-refractivity contribution is -0.113. The fraction of sp³-hybridized carbons (Fsp3) is 0.261. The van der Waals surface area contributed by atoms with Gasteiger partial charge in [-0.3, -0.25) is 14.4 Å². The third-order valence-electron chi connectivity index (χ3n) is 5.62. The van der Waals surface area contributed by atoms with Crippen molar-refractivity contribution < 1.29 is 14.4 Å². The summed E-state index contributed by atoms with van der Waals surface area (Å²) in [6.07, 6.45) is 4.31. The SMILES string of the molecule is O=C(CSc1nnc2n1CCCCC2)Nc1ccc2c(c1)C(=O)c1ccccc1C2=O. The number of fused-ring (bicyclic) bond motifs is 3. The normalized spacial score (nSPS) is 15.0. The molecule has 3 aromatic rings. The molecular weight excluding hydrogens is 412 g/mol. The van der Waals surface area contributed by atoms with Gasteiger partial charge in [-0.15, -0.1) is 10.2 Å². The Hall–Kier alpha value is -3.26. The Balaban J connectivity index is 1.29. The first-order valence-electron chi connectivity index (χ1n) is 10.3.